The van der Waals surface area contributed by atoms with Crippen molar-refractivity contribution in [3.8, 4) is 0 Å². The summed E-state index contributed by atoms with van der Waals surface area (Å²) < 4.78 is 6.33. The zero-order valence-electron chi connectivity index (χ0n) is 15.9. The highest BCUT2D eigenvalue weighted by Crippen LogP contribution is 2.11. The Balaban J connectivity index is 1.47. The highest BCUT2D eigenvalue weighted by Gasteiger charge is 2.10. The molecule has 0 bridgehead atoms. The minimum Gasteiger partial charge on any atom is -0.456 e. The predicted molar refractivity (Wildman–Crippen MR) is 110 cm³/mol. The number of esters is 1. The lowest BCUT2D eigenvalue weighted by atomic mass is 10.1. The van der Waals surface area contributed by atoms with E-state index in [2.05, 4.69) is 10.3 Å². The number of para-hydroxylation sites is 1. The first-order valence-electron chi connectivity index (χ1n) is 9.05. The van der Waals surface area contributed by atoms with E-state index >= 15 is 0 Å². The highest BCUT2D eigenvalue weighted by molar-refractivity contribution is 6.30. The molecular formula is C21H20ClN3O4. The van der Waals surface area contributed by atoms with E-state index in [1.165, 1.54) is 10.9 Å². The van der Waals surface area contributed by atoms with Crippen LogP contribution in [0.1, 0.15) is 17.5 Å². The van der Waals surface area contributed by atoms with Crippen LogP contribution < -0.4 is 10.9 Å². The SMILES string of the molecule is Cc1cccc2c(=O)n(CCC(=O)OCC(=O)NCc3cccc(Cl)c3)cnc12. The summed E-state index contributed by atoms with van der Waals surface area (Å²) in [6.07, 6.45) is 1.38. The maximum Gasteiger partial charge on any atom is 0.308 e. The molecular weight excluding hydrogens is 394 g/mol. The fourth-order valence-corrected chi connectivity index (χ4v) is 3.04. The van der Waals surface area contributed by atoms with Crippen LogP contribution in [0, 0.1) is 6.92 Å². The fourth-order valence-electron chi connectivity index (χ4n) is 2.83. The Bertz CT molecular complexity index is 1110. The maximum absolute atomic E-state index is 12.5. The molecule has 3 rings (SSSR count). The van der Waals surface area contributed by atoms with E-state index in [1.807, 2.05) is 19.1 Å². The number of hydrogen-bond donors (Lipinski definition) is 1. The van der Waals surface area contributed by atoms with Gasteiger partial charge in [-0.1, -0.05) is 35.9 Å². The Morgan fingerprint density at radius 2 is 2.00 bits per heavy atom. The summed E-state index contributed by atoms with van der Waals surface area (Å²) in [5.41, 5.74) is 2.18. The number of rotatable bonds is 7. The largest absolute Gasteiger partial charge is 0.456 e. The first kappa shape index (κ1) is 20.5. The number of aryl methyl sites for hydroxylation is 2. The van der Waals surface area contributed by atoms with Crippen molar-refractivity contribution in [1.82, 2.24) is 14.9 Å². The molecule has 8 heteroatoms. The number of nitrogens with one attached hydrogen (secondary N) is 1. The average molecular weight is 414 g/mol. The zero-order valence-corrected chi connectivity index (χ0v) is 16.6. The van der Waals surface area contributed by atoms with Crippen molar-refractivity contribution in [3.63, 3.8) is 0 Å². The van der Waals surface area contributed by atoms with Gasteiger partial charge in [-0.15, -0.1) is 0 Å². The van der Waals surface area contributed by atoms with Gasteiger partial charge in [-0.25, -0.2) is 4.98 Å². The van der Waals surface area contributed by atoms with Gasteiger partial charge in [0.1, 0.15) is 0 Å². The van der Waals surface area contributed by atoms with Gasteiger partial charge in [0.2, 0.25) is 0 Å². The molecule has 150 valence electrons. The molecule has 7 nitrogen and oxygen atoms in total. The van der Waals surface area contributed by atoms with Gasteiger partial charge in [0.15, 0.2) is 6.61 Å². The van der Waals surface area contributed by atoms with Crippen molar-refractivity contribution >= 4 is 34.4 Å². The molecule has 2 aromatic carbocycles. The van der Waals surface area contributed by atoms with Crippen LogP contribution >= 0.6 is 11.6 Å². The number of aromatic nitrogens is 2. The van der Waals surface area contributed by atoms with E-state index in [4.69, 9.17) is 16.3 Å². The number of carbonyl (C=O) groups is 2. The molecule has 3 aromatic rings. The molecule has 1 aromatic heterocycles. The van der Waals surface area contributed by atoms with Crippen molar-refractivity contribution in [1.29, 1.82) is 0 Å². The number of nitrogens with zero attached hydrogens (tertiary/aromatic N) is 2. The normalized spacial score (nSPS) is 10.7. The molecule has 0 radical (unpaired) electrons. The van der Waals surface area contributed by atoms with Crippen molar-refractivity contribution in [2.75, 3.05) is 6.61 Å². The summed E-state index contributed by atoms with van der Waals surface area (Å²) in [5.74, 6) is -0.988. The average Bonchev–Trinajstić information content (AvgIpc) is 2.71. The van der Waals surface area contributed by atoms with Gasteiger partial charge in [-0.2, -0.15) is 0 Å². The van der Waals surface area contributed by atoms with E-state index in [0.29, 0.717) is 15.9 Å². The first-order chi connectivity index (χ1) is 13.9. The Kier molecular flexibility index (Phi) is 6.61. The third-order valence-electron chi connectivity index (χ3n) is 4.36. The number of fused-ring (bicyclic) bond motifs is 1. The number of amides is 1. The second-order valence-corrected chi connectivity index (χ2v) is 6.97. The Morgan fingerprint density at radius 1 is 1.21 bits per heavy atom. The third-order valence-corrected chi connectivity index (χ3v) is 4.59. The van der Waals surface area contributed by atoms with Gasteiger partial charge >= 0.3 is 5.97 Å². The van der Waals surface area contributed by atoms with Crippen molar-refractivity contribution in [2.24, 2.45) is 0 Å². The Hall–Kier alpha value is -3.19. The van der Waals surface area contributed by atoms with Crippen LogP contribution in [0.4, 0.5) is 0 Å². The van der Waals surface area contributed by atoms with Gasteiger partial charge in [0, 0.05) is 18.1 Å². The van der Waals surface area contributed by atoms with Crippen molar-refractivity contribution in [2.45, 2.75) is 26.4 Å². The van der Waals surface area contributed by atoms with E-state index < -0.39 is 11.9 Å². The van der Waals surface area contributed by atoms with Crippen LogP contribution in [0.5, 0.6) is 0 Å². The van der Waals surface area contributed by atoms with Crippen LogP contribution in [0.15, 0.2) is 53.6 Å². The molecule has 0 unspecified atom stereocenters. The number of carbonyl (C=O) groups excluding carboxylic acids is 2. The van der Waals surface area contributed by atoms with Crippen molar-refractivity contribution in [3.05, 3.63) is 75.3 Å². The minimum absolute atomic E-state index is 0.0412. The topological polar surface area (TPSA) is 90.3 Å². The number of benzene rings is 2. The lowest BCUT2D eigenvalue weighted by Crippen LogP contribution is -2.29. The van der Waals surface area contributed by atoms with Crippen LogP contribution in [0.3, 0.4) is 0 Å². The summed E-state index contributed by atoms with van der Waals surface area (Å²) in [4.78, 5) is 40.5. The molecule has 0 aliphatic rings. The van der Waals surface area contributed by atoms with E-state index in [1.54, 1.807) is 30.3 Å². The molecule has 29 heavy (non-hydrogen) atoms. The highest BCUT2D eigenvalue weighted by atomic mass is 35.5. The Labute approximate surface area is 172 Å². The molecule has 0 atom stereocenters. The van der Waals surface area contributed by atoms with E-state index in [-0.39, 0.29) is 31.7 Å². The molecule has 1 heterocycles. The van der Waals surface area contributed by atoms with Gasteiger partial charge in [0.05, 0.1) is 23.7 Å². The fraction of sp³-hybridized carbons (Fsp3) is 0.238. The zero-order chi connectivity index (χ0) is 20.8. The summed E-state index contributed by atoms with van der Waals surface area (Å²) in [6.45, 7) is 1.91. The quantitative estimate of drug-likeness (QED) is 0.601. The predicted octanol–water partition coefficient (Wildman–Crippen LogP) is 2.61. The first-order valence-corrected chi connectivity index (χ1v) is 9.43. The summed E-state index contributed by atoms with van der Waals surface area (Å²) in [6, 6.07) is 12.5. The molecule has 1 amide bonds. The molecule has 1 N–H and O–H groups in total. The van der Waals surface area contributed by atoms with Crippen LogP contribution in [0.2, 0.25) is 5.02 Å². The second-order valence-electron chi connectivity index (χ2n) is 6.53. The smallest absolute Gasteiger partial charge is 0.308 e. The van der Waals surface area contributed by atoms with Crippen LogP contribution in [0.25, 0.3) is 10.9 Å². The van der Waals surface area contributed by atoms with Gasteiger partial charge in [0.25, 0.3) is 11.5 Å². The monoisotopic (exact) mass is 413 g/mol. The van der Waals surface area contributed by atoms with Gasteiger partial charge in [-0.05, 0) is 36.2 Å². The maximum atomic E-state index is 12.5. The van der Waals surface area contributed by atoms with Crippen LogP contribution in [-0.4, -0.2) is 28.0 Å². The summed E-state index contributed by atoms with van der Waals surface area (Å²) in [5, 5.41) is 3.73. The molecule has 0 saturated heterocycles. The lowest BCUT2D eigenvalue weighted by molar-refractivity contribution is -0.148. The van der Waals surface area contributed by atoms with Crippen LogP contribution in [-0.2, 0) is 27.4 Å². The molecule has 0 spiro atoms. The molecule has 0 fully saturated rings. The molecule has 0 saturated carbocycles. The summed E-state index contributed by atoms with van der Waals surface area (Å²) in [7, 11) is 0. The van der Waals surface area contributed by atoms with E-state index in [0.717, 1.165) is 11.1 Å². The Morgan fingerprint density at radius 3 is 2.79 bits per heavy atom. The number of ether oxygens (including phenoxy) is 1. The molecule has 0 aliphatic carbocycles. The third kappa shape index (κ3) is 5.42. The minimum atomic E-state index is -0.570. The van der Waals surface area contributed by atoms with Gasteiger partial charge < -0.3 is 10.1 Å². The summed E-state index contributed by atoms with van der Waals surface area (Å²) >= 11 is 5.89. The lowest BCUT2D eigenvalue weighted by Gasteiger charge is -2.09. The van der Waals surface area contributed by atoms with Crippen molar-refractivity contribution < 1.29 is 14.3 Å². The number of halogens is 1. The second kappa shape index (κ2) is 9.34. The standard InChI is InChI=1S/C21H20ClN3O4/c1-14-4-2-7-17-20(14)24-13-25(21(17)28)9-8-19(27)29-12-18(26)23-11-15-5-3-6-16(22)10-15/h2-7,10,13H,8-9,11-12H2,1H3,(H,23,26). The van der Waals surface area contributed by atoms with E-state index in [9.17, 15) is 14.4 Å². The van der Waals surface area contributed by atoms with Gasteiger partial charge in [-0.3, -0.25) is 19.0 Å². The molecule has 0 aliphatic heterocycles. The number of hydrogen-bond acceptors (Lipinski definition) is 5.